The first kappa shape index (κ1) is 20.6. The Bertz CT molecular complexity index is 944. The second-order valence-electron chi connectivity index (χ2n) is 7.65. The number of carbonyl (C=O) groups excluding carboxylic acids is 1. The SMILES string of the molecule is Cc1ccc(CNC(=O)C2CCN(S(=O)(=O)c3ccc(C)cc3C)CC2)cc1. The maximum absolute atomic E-state index is 13.0. The monoisotopic (exact) mass is 400 g/mol. The predicted molar refractivity (Wildman–Crippen MR) is 110 cm³/mol. The highest BCUT2D eigenvalue weighted by atomic mass is 32.2. The average Bonchev–Trinajstić information content (AvgIpc) is 2.67. The van der Waals surface area contributed by atoms with E-state index in [1.807, 2.05) is 57.2 Å². The number of sulfonamides is 1. The molecule has 1 saturated heterocycles. The molecule has 0 unspecified atom stereocenters. The smallest absolute Gasteiger partial charge is 0.243 e. The molecule has 0 aromatic heterocycles. The fraction of sp³-hybridized carbons (Fsp3) is 0.409. The number of piperidine rings is 1. The van der Waals surface area contributed by atoms with Crippen LogP contribution >= 0.6 is 0 Å². The molecule has 1 heterocycles. The van der Waals surface area contributed by atoms with Gasteiger partial charge in [-0.15, -0.1) is 0 Å². The zero-order chi connectivity index (χ0) is 20.3. The Balaban J connectivity index is 1.57. The molecule has 0 atom stereocenters. The minimum Gasteiger partial charge on any atom is -0.352 e. The van der Waals surface area contributed by atoms with Gasteiger partial charge in [0.2, 0.25) is 15.9 Å². The van der Waals surface area contributed by atoms with Crippen LogP contribution in [-0.2, 0) is 21.4 Å². The van der Waals surface area contributed by atoms with Crippen LogP contribution < -0.4 is 5.32 Å². The number of rotatable bonds is 5. The standard InChI is InChI=1S/C22H28N2O3S/c1-16-4-7-19(8-5-16)15-23-22(25)20-10-12-24(13-11-20)28(26,27)21-9-6-17(2)14-18(21)3/h4-9,14,20H,10-13,15H2,1-3H3,(H,23,25). The van der Waals surface area contributed by atoms with Gasteiger partial charge in [0.1, 0.15) is 0 Å². The van der Waals surface area contributed by atoms with Crippen LogP contribution in [-0.4, -0.2) is 31.7 Å². The van der Waals surface area contributed by atoms with Crippen molar-refractivity contribution in [3.8, 4) is 0 Å². The van der Waals surface area contributed by atoms with E-state index < -0.39 is 10.0 Å². The zero-order valence-corrected chi connectivity index (χ0v) is 17.6. The van der Waals surface area contributed by atoms with E-state index in [1.54, 1.807) is 6.07 Å². The van der Waals surface area contributed by atoms with Crippen molar-refractivity contribution < 1.29 is 13.2 Å². The van der Waals surface area contributed by atoms with Gasteiger partial charge in [0, 0.05) is 25.6 Å². The van der Waals surface area contributed by atoms with Gasteiger partial charge in [-0.2, -0.15) is 4.31 Å². The highest BCUT2D eigenvalue weighted by Gasteiger charge is 2.32. The average molecular weight is 401 g/mol. The van der Waals surface area contributed by atoms with Crippen LogP contribution in [0.5, 0.6) is 0 Å². The van der Waals surface area contributed by atoms with Gasteiger partial charge in [-0.1, -0.05) is 47.5 Å². The van der Waals surface area contributed by atoms with Gasteiger partial charge in [-0.05, 0) is 50.8 Å². The molecular formula is C22H28N2O3S. The summed E-state index contributed by atoms with van der Waals surface area (Å²) in [6.07, 6.45) is 1.09. The Labute approximate surface area is 167 Å². The molecule has 150 valence electrons. The highest BCUT2D eigenvalue weighted by Crippen LogP contribution is 2.26. The normalized spacial score (nSPS) is 16.1. The minimum atomic E-state index is -3.52. The first-order chi connectivity index (χ1) is 13.3. The molecular weight excluding hydrogens is 372 g/mol. The van der Waals surface area contributed by atoms with E-state index in [0.29, 0.717) is 37.4 Å². The quantitative estimate of drug-likeness (QED) is 0.837. The third-order valence-corrected chi connectivity index (χ3v) is 7.42. The number of amides is 1. The molecule has 0 spiro atoms. The predicted octanol–water partition coefficient (Wildman–Crippen LogP) is 3.33. The number of nitrogens with one attached hydrogen (secondary N) is 1. The van der Waals surface area contributed by atoms with Crippen LogP contribution in [0.2, 0.25) is 0 Å². The molecule has 3 rings (SSSR count). The van der Waals surface area contributed by atoms with E-state index in [4.69, 9.17) is 0 Å². The summed E-state index contributed by atoms with van der Waals surface area (Å²) in [6.45, 7) is 7.05. The zero-order valence-electron chi connectivity index (χ0n) is 16.7. The minimum absolute atomic E-state index is 0.00383. The number of nitrogens with zero attached hydrogens (tertiary/aromatic N) is 1. The second-order valence-corrected chi connectivity index (χ2v) is 9.56. The molecule has 1 fully saturated rings. The number of aryl methyl sites for hydroxylation is 3. The molecule has 2 aromatic rings. The fourth-order valence-electron chi connectivity index (χ4n) is 3.63. The van der Waals surface area contributed by atoms with Gasteiger partial charge in [0.05, 0.1) is 4.90 Å². The van der Waals surface area contributed by atoms with Crippen LogP contribution in [0.1, 0.15) is 35.1 Å². The van der Waals surface area contributed by atoms with Gasteiger partial charge in [-0.25, -0.2) is 8.42 Å². The Morgan fingerprint density at radius 2 is 1.61 bits per heavy atom. The molecule has 0 aliphatic carbocycles. The van der Waals surface area contributed by atoms with Crippen molar-refractivity contribution >= 4 is 15.9 Å². The lowest BCUT2D eigenvalue weighted by Gasteiger charge is -2.31. The van der Waals surface area contributed by atoms with E-state index in [1.165, 1.54) is 9.87 Å². The topological polar surface area (TPSA) is 66.5 Å². The van der Waals surface area contributed by atoms with E-state index in [0.717, 1.165) is 16.7 Å². The van der Waals surface area contributed by atoms with Gasteiger partial charge in [0.25, 0.3) is 0 Å². The summed E-state index contributed by atoms with van der Waals surface area (Å²) >= 11 is 0. The summed E-state index contributed by atoms with van der Waals surface area (Å²) in [6, 6.07) is 13.5. The van der Waals surface area contributed by atoms with Crippen LogP contribution in [0.25, 0.3) is 0 Å². The van der Waals surface area contributed by atoms with Crippen molar-refractivity contribution in [3.63, 3.8) is 0 Å². The van der Waals surface area contributed by atoms with E-state index >= 15 is 0 Å². The third kappa shape index (κ3) is 4.62. The number of hydrogen-bond donors (Lipinski definition) is 1. The first-order valence-electron chi connectivity index (χ1n) is 9.68. The Morgan fingerprint density at radius 1 is 1.00 bits per heavy atom. The molecule has 0 radical (unpaired) electrons. The Kier molecular flexibility index (Phi) is 6.20. The summed E-state index contributed by atoms with van der Waals surface area (Å²) in [4.78, 5) is 12.8. The van der Waals surface area contributed by atoms with Crippen LogP contribution in [0.3, 0.4) is 0 Å². The molecule has 28 heavy (non-hydrogen) atoms. The third-order valence-electron chi connectivity index (χ3n) is 5.36. The molecule has 1 aliphatic heterocycles. The summed E-state index contributed by atoms with van der Waals surface area (Å²) in [5, 5.41) is 2.98. The fourth-order valence-corrected chi connectivity index (χ4v) is 5.30. The molecule has 6 heteroatoms. The van der Waals surface area contributed by atoms with Crippen LogP contribution in [0.4, 0.5) is 0 Å². The van der Waals surface area contributed by atoms with Crippen LogP contribution in [0.15, 0.2) is 47.4 Å². The molecule has 1 N–H and O–H groups in total. The molecule has 1 aliphatic rings. The first-order valence-corrected chi connectivity index (χ1v) is 11.1. The van der Waals surface area contributed by atoms with Crippen LogP contribution in [0, 0.1) is 26.7 Å². The van der Waals surface area contributed by atoms with Crippen molar-refractivity contribution in [2.75, 3.05) is 13.1 Å². The van der Waals surface area contributed by atoms with Crippen molar-refractivity contribution in [1.82, 2.24) is 9.62 Å². The van der Waals surface area contributed by atoms with E-state index in [-0.39, 0.29) is 11.8 Å². The second kappa shape index (κ2) is 8.45. The summed E-state index contributed by atoms with van der Waals surface area (Å²) < 4.78 is 27.4. The Hall–Kier alpha value is -2.18. The summed E-state index contributed by atoms with van der Waals surface area (Å²) in [7, 11) is -3.52. The maximum Gasteiger partial charge on any atom is 0.243 e. The lowest BCUT2D eigenvalue weighted by Crippen LogP contribution is -2.43. The number of benzene rings is 2. The lowest BCUT2D eigenvalue weighted by molar-refractivity contribution is -0.126. The maximum atomic E-state index is 13.0. The molecule has 5 nitrogen and oxygen atoms in total. The van der Waals surface area contributed by atoms with E-state index in [9.17, 15) is 13.2 Å². The van der Waals surface area contributed by atoms with Gasteiger partial charge in [-0.3, -0.25) is 4.79 Å². The van der Waals surface area contributed by atoms with Crippen molar-refractivity contribution in [2.45, 2.75) is 45.1 Å². The van der Waals surface area contributed by atoms with Crippen molar-refractivity contribution in [1.29, 1.82) is 0 Å². The molecule has 2 aromatic carbocycles. The van der Waals surface area contributed by atoms with Gasteiger partial charge >= 0.3 is 0 Å². The van der Waals surface area contributed by atoms with Crippen molar-refractivity contribution in [3.05, 3.63) is 64.7 Å². The van der Waals surface area contributed by atoms with Crippen molar-refractivity contribution in [2.24, 2.45) is 5.92 Å². The highest BCUT2D eigenvalue weighted by molar-refractivity contribution is 7.89. The number of carbonyl (C=O) groups is 1. The largest absolute Gasteiger partial charge is 0.352 e. The van der Waals surface area contributed by atoms with Gasteiger partial charge < -0.3 is 5.32 Å². The Morgan fingerprint density at radius 3 is 2.21 bits per heavy atom. The molecule has 0 saturated carbocycles. The lowest BCUT2D eigenvalue weighted by atomic mass is 9.97. The number of hydrogen-bond acceptors (Lipinski definition) is 3. The molecule has 1 amide bonds. The summed E-state index contributed by atoms with van der Waals surface area (Å²) in [5.74, 6) is -0.139. The van der Waals surface area contributed by atoms with Gasteiger partial charge in [0.15, 0.2) is 0 Å². The van der Waals surface area contributed by atoms with E-state index in [2.05, 4.69) is 5.32 Å². The summed E-state index contributed by atoms with van der Waals surface area (Å²) in [5.41, 5.74) is 4.06. The molecule has 0 bridgehead atoms.